The van der Waals surface area contributed by atoms with Gasteiger partial charge in [-0.2, -0.15) is 5.10 Å². The van der Waals surface area contributed by atoms with E-state index in [2.05, 4.69) is 5.10 Å². The molecule has 1 N–H and O–H groups in total. The lowest BCUT2D eigenvalue weighted by Crippen LogP contribution is -2.31. The Balaban J connectivity index is 1.73. The Bertz CT molecular complexity index is 1080. The molecular formula is C23H24ClFN2O3. The van der Waals surface area contributed by atoms with E-state index in [4.69, 9.17) is 16.3 Å². The highest BCUT2D eigenvalue weighted by atomic mass is 35.5. The second-order valence-electron chi connectivity index (χ2n) is 7.50. The van der Waals surface area contributed by atoms with Crippen LogP contribution in [0.25, 0.3) is 11.3 Å². The van der Waals surface area contributed by atoms with Crippen LogP contribution >= 0.6 is 11.6 Å². The van der Waals surface area contributed by atoms with Crippen molar-refractivity contribution < 1.29 is 14.2 Å². The van der Waals surface area contributed by atoms with E-state index in [9.17, 15) is 14.3 Å². The number of aliphatic hydroxyl groups is 1. The molecule has 30 heavy (non-hydrogen) atoms. The lowest BCUT2D eigenvalue weighted by Gasteiger charge is -2.18. The van der Waals surface area contributed by atoms with Crippen molar-refractivity contribution in [1.82, 2.24) is 9.78 Å². The van der Waals surface area contributed by atoms with Crippen molar-refractivity contribution in [2.24, 2.45) is 0 Å². The summed E-state index contributed by atoms with van der Waals surface area (Å²) in [6.45, 7) is 5.93. The molecular weight excluding hydrogens is 407 g/mol. The van der Waals surface area contributed by atoms with E-state index in [0.29, 0.717) is 22.0 Å². The van der Waals surface area contributed by atoms with Crippen LogP contribution in [0, 0.1) is 12.7 Å². The monoisotopic (exact) mass is 430 g/mol. The number of hydrogen-bond donors (Lipinski definition) is 1. The Labute approximate surface area is 179 Å². The topological polar surface area (TPSA) is 64.3 Å². The van der Waals surface area contributed by atoms with E-state index in [-0.39, 0.29) is 30.4 Å². The maximum absolute atomic E-state index is 13.1. The fraction of sp³-hybridized carbons (Fsp3) is 0.304. The Morgan fingerprint density at radius 3 is 2.53 bits per heavy atom. The standard InChI is InChI=1S/C23H24ClFN2O3/c1-14(2)19-11-20(24)15(3)10-22(19)30-13-18(28)12-27-23(29)9-8-21(26-27)16-4-6-17(25)7-5-16/h4-11,14,18,28H,12-13H2,1-3H3. The SMILES string of the molecule is Cc1cc(OCC(O)Cn2nc(-c3ccc(F)cc3)ccc2=O)c(C(C)C)cc1Cl. The molecule has 0 bridgehead atoms. The number of nitrogens with zero attached hydrogens (tertiary/aromatic N) is 2. The fourth-order valence-corrected chi connectivity index (χ4v) is 3.21. The van der Waals surface area contributed by atoms with Gasteiger partial charge in [-0.3, -0.25) is 4.79 Å². The van der Waals surface area contributed by atoms with Gasteiger partial charge in [-0.25, -0.2) is 9.07 Å². The van der Waals surface area contributed by atoms with Gasteiger partial charge in [0.2, 0.25) is 0 Å². The molecule has 0 aliphatic rings. The molecule has 0 radical (unpaired) electrons. The minimum atomic E-state index is -0.949. The Hall–Kier alpha value is -2.70. The molecule has 7 heteroatoms. The van der Waals surface area contributed by atoms with E-state index in [1.54, 1.807) is 18.2 Å². The number of aromatic nitrogens is 2. The summed E-state index contributed by atoms with van der Waals surface area (Å²) in [4.78, 5) is 12.2. The molecule has 0 saturated heterocycles. The van der Waals surface area contributed by atoms with Gasteiger partial charge in [0.1, 0.15) is 24.3 Å². The van der Waals surface area contributed by atoms with Crippen LogP contribution in [0.5, 0.6) is 5.75 Å². The van der Waals surface area contributed by atoms with Crippen LogP contribution in [-0.2, 0) is 6.54 Å². The fourth-order valence-electron chi connectivity index (χ4n) is 3.04. The van der Waals surface area contributed by atoms with Crippen LogP contribution in [-0.4, -0.2) is 27.6 Å². The van der Waals surface area contributed by atoms with Gasteiger partial charge in [-0.1, -0.05) is 25.4 Å². The van der Waals surface area contributed by atoms with E-state index >= 15 is 0 Å². The molecule has 158 valence electrons. The summed E-state index contributed by atoms with van der Waals surface area (Å²) >= 11 is 6.22. The van der Waals surface area contributed by atoms with Crippen molar-refractivity contribution in [1.29, 1.82) is 0 Å². The van der Waals surface area contributed by atoms with Crippen LogP contribution in [0.3, 0.4) is 0 Å². The molecule has 1 heterocycles. The van der Waals surface area contributed by atoms with Gasteiger partial charge < -0.3 is 9.84 Å². The van der Waals surface area contributed by atoms with E-state index in [0.717, 1.165) is 11.1 Å². The Morgan fingerprint density at radius 2 is 1.87 bits per heavy atom. The lowest BCUT2D eigenvalue weighted by molar-refractivity contribution is 0.0874. The van der Waals surface area contributed by atoms with Crippen molar-refractivity contribution in [2.75, 3.05) is 6.61 Å². The summed E-state index contributed by atoms with van der Waals surface area (Å²) in [6, 6.07) is 12.5. The molecule has 0 aliphatic heterocycles. The summed E-state index contributed by atoms with van der Waals surface area (Å²) in [5.74, 6) is 0.510. The normalized spacial score (nSPS) is 12.2. The van der Waals surface area contributed by atoms with Gasteiger partial charge in [-0.15, -0.1) is 0 Å². The van der Waals surface area contributed by atoms with Crippen LogP contribution in [0.1, 0.15) is 30.9 Å². The molecule has 1 aromatic heterocycles. The summed E-state index contributed by atoms with van der Waals surface area (Å²) in [5, 5.41) is 15.4. The number of benzene rings is 2. The first-order chi connectivity index (χ1) is 14.2. The molecule has 1 unspecified atom stereocenters. The zero-order valence-corrected chi connectivity index (χ0v) is 17.9. The predicted octanol–water partition coefficient (Wildman–Crippen LogP) is 4.57. The van der Waals surface area contributed by atoms with Crippen molar-refractivity contribution in [3.8, 4) is 17.0 Å². The van der Waals surface area contributed by atoms with Crippen molar-refractivity contribution in [2.45, 2.75) is 39.3 Å². The summed E-state index contributed by atoms with van der Waals surface area (Å²) < 4.78 is 20.2. The third-order valence-electron chi connectivity index (χ3n) is 4.73. The number of halogens is 2. The average Bonchev–Trinajstić information content (AvgIpc) is 2.70. The maximum Gasteiger partial charge on any atom is 0.266 e. The quantitative estimate of drug-likeness (QED) is 0.596. The second-order valence-corrected chi connectivity index (χ2v) is 7.91. The summed E-state index contributed by atoms with van der Waals surface area (Å²) in [5.41, 5.74) is 2.68. The van der Waals surface area contributed by atoms with E-state index in [1.165, 1.54) is 22.9 Å². The number of aliphatic hydroxyl groups excluding tert-OH is 1. The summed E-state index contributed by atoms with van der Waals surface area (Å²) in [7, 11) is 0. The van der Waals surface area contributed by atoms with Crippen LogP contribution in [0.4, 0.5) is 4.39 Å². The van der Waals surface area contributed by atoms with Gasteiger partial charge >= 0.3 is 0 Å². The van der Waals surface area contributed by atoms with Gasteiger partial charge in [0.25, 0.3) is 5.56 Å². The van der Waals surface area contributed by atoms with Gasteiger partial charge in [-0.05, 0) is 66.4 Å². The molecule has 5 nitrogen and oxygen atoms in total. The number of aryl methyl sites for hydroxylation is 1. The van der Waals surface area contributed by atoms with Crippen molar-refractivity contribution >= 4 is 11.6 Å². The number of rotatable bonds is 7. The molecule has 0 fully saturated rings. The first kappa shape index (κ1) is 22.0. The Kier molecular flexibility index (Phi) is 6.90. The predicted molar refractivity (Wildman–Crippen MR) is 116 cm³/mol. The maximum atomic E-state index is 13.1. The van der Waals surface area contributed by atoms with Crippen LogP contribution in [0.2, 0.25) is 5.02 Å². The first-order valence-electron chi connectivity index (χ1n) is 9.69. The third-order valence-corrected chi connectivity index (χ3v) is 5.14. The largest absolute Gasteiger partial charge is 0.491 e. The molecule has 3 aromatic rings. The Morgan fingerprint density at radius 1 is 1.17 bits per heavy atom. The van der Waals surface area contributed by atoms with Gasteiger partial charge in [0.15, 0.2) is 0 Å². The highest BCUT2D eigenvalue weighted by Gasteiger charge is 2.15. The van der Waals surface area contributed by atoms with Gasteiger partial charge in [0, 0.05) is 16.7 Å². The zero-order chi connectivity index (χ0) is 21.8. The minimum absolute atomic E-state index is 0.00428. The van der Waals surface area contributed by atoms with E-state index < -0.39 is 6.10 Å². The molecule has 2 aromatic carbocycles. The van der Waals surface area contributed by atoms with Crippen molar-refractivity contribution in [3.05, 3.63) is 80.9 Å². The van der Waals surface area contributed by atoms with E-state index in [1.807, 2.05) is 32.9 Å². The molecule has 0 amide bonds. The molecule has 1 atom stereocenters. The number of ether oxygens (including phenoxy) is 1. The minimum Gasteiger partial charge on any atom is -0.491 e. The molecule has 0 saturated carbocycles. The average molecular weight is 431 g/mol. The molecule has 0 aliphatic carbocycles. The first-order valence-corrected chi connectivity index (χ1v) is 10.1. The third kappa shape index (κ3) is 5.26. The smallest absolute Gasteiger partial charge is 0.266 e. The zero-order valence-electron chi connectivity index (χ0n) is 17.1. The lowest BCUT2D eigenvalue weighted by atomic mass is 10.0. The highest BCUT2D eigenvalue weighted by Crippen LogP contribution is 2.32. The highest BCUT2D eigenvalue weighted by molar-refractivity contribution is 6.31. The summed E-state index contributed by atoms with van der Waals surface area (Å²) in [6.07, 6.45) is -0.949. The number of hydrogen-bond acceptors (Lipinski definition) is 4. The van der Waals surface area contributed by atoms with Gasteiger partial charge in [0.05, 0.1) is 12.2 Å². The second kappa shape index (κ2) is 9.41. The van der Waals surface area contributed by atoms with Crippen LogP contribution in [0.15, 0.2) is 53.3 Å². The molecule has 0 spiro atoms. The molecule has 3 rings (SSSR count). The van der Waals surface area contributed by atoms with Crippen LogP contribution < -0.4 is 10.3 Å². The van der Waals surface area contributed by atoms with Crippen molar-refractivity contribution in [3.63, 3.8) is 0 Å².